The summed E-state index contributed by atoms with van der Waals surface area (Å²) in [5.41, 5.74) is 2.97. The zero-order chi connectivity index (χ0) is 15.9. The van der Waals surface area contributed by atoms with Gasteiger partial charge in [0.25, 0.3) is 0 Å². The molecule has 4 heteroatoms. The topological polar surface area (TPSA) is 58.6 Å². The molecule has 0 bridgehead atoms. The molecule has 0 aliphatic carbocycles. The van der Waals surface area contributed by atoms with Crippen molar-refractivity contribution in [3.8, 4) is 0 Å². The van der Waals surface area contributed by atoms with Crippen LogP contribution in [-0.4, -0.2) is 25.0 Å². The first-order valence-corrected chi connectivity index (χ1v) is 7.33. The molecule has 0 spiro atoms. The number of aliphatic carboxylic acids is 1. The minimum Gasteiger partial charge on any atom is -0.545 e. The Morgan fingerprint density at radius 3 is 2.33 bits per heavy atom. The molecule has 0 aromatic rings. The summed E-state index contributed by atoms with van der Waals surface area (Å²) in [4.78, 5) is 10.4. The number of carboxylic acids is 1. The fraction of sp³-hybridized carbons (Fsp3) is 0.588. The van der Waals surface area contributed by atoms with Crippen molar-refractivity contribution in [3.05, 3.63) is 35.5 Å². The standard InChI is InChI=1S/C17H26O4/c1-13(2)17(20-10-11-21-17)9-8-14(3)6-5-7-15(4)12-16(18)19/h6,12H,1,5,7-11H2,2-4H3,(H,18,19)/p-1/b14-6+,15-12+. The molecule has 0 aromatic heterocycles. The average molecular weight is 293 g/mol. The Labute approximate surface area is 127 Å². The molecule has 0 unspecified atom stereocenters. The van der Waals surface area contributed by atoms with Crippen LogP contribution in [0.25, 0.3) is 0 Å². The lowest BCUT2D eigenvalue weighted by molar-refractivity contribution is -0.297. The fourth-order valence-electron chi connectivity index (χ4n) is 2.34. The number of ether oxygens (including phenoxy) is 2. The SMILES string of the molecule is C=C(C)C1(CC/C(C)=C/CC/C(C)=C/C(=O)[O-])OCCO1. The van der Waals surface area contributed by atoms with Gasteiger partial charge in [0.05, 0.1) is 19.2 Å². The Bertz CT molecular complexity index is 440. The predicted molar refractivity (Wildman–Crippen MR) is 80.4 cm³/mol. The van der Waals surface area contributed by atoms with E-state index < -0.39 is 11.8 Å². The first kappa shape index (κ1) is 17.7. The largest absolute Gasteiger partial charge is 0.545 e. The molecular formula is C17H25O4-. The molecule has 0 aromatic carbocycles. The summed E-state index contributed by atoms with van der Waals surface area (Å²) in [5, 5.41) is 10.4. The molecule has 1 saturated heterocycles. The summed E-state index contributed by atoms with van der Waals surface area (Å²) in [7, 11) is 0. The van der Waals surface area contributed by atoms with Crippen molar-refractivity contribution in [1.82, 2.24) is 0 Å². The molecule has 1 fully saturated rings. The smallest absolute Gasteiger partial charge is 0.190 e. The van der Waals surface area contributed by atoms with Gasteiger partial charge < -0.3 is 19.4 Å². The Balaban J connectivity index is 2.42. The van der Waals surface area contributed by atoms with Gasteiger partial charge in [-0.1, -0.05) is 23.8 Å². The number of allylic oxidation sites excluding steroid dienone is 3. The van der Waals surface area contributed by atoms with E-state index in [-0.39, 0.29) is 0 Å². The average Bonchev–Trinajstić information content (AvgIpc) is 2.85. The van der Waals surface area contributed by atoms with E-state index in [1.54, 1.807) is 6.92 Å². The van der Waals surface area contributed by atoms with Gasteiger partial charge in [-0.05, 0) is 51.7 Å². The van der Waals surface area contributed by atoms with E-state index in [1.165, 1.54) is 5.57 Å². The number of hydrogen-bond donors (Lipinski definition) is 0. The van der Waals surface area contributed by atoms with Gasteiger partial charge in [0.1, 0.15) is 0 Å². The lowest BCUT2D eigenvalue weighted by Gasteiger charge is -2.28. The van der Waals surface area contributed by atoms with Crippen LogP contribution in [0.5, 0.6) is 0 Å². The Hall–Kier alpha value is -1.39. The van der Waals surface area contributed by atoms with Gasteiger partial charge in [-0.2, -0.15) is 0 Å². The molecule has 1 aliphatic heterocycles. The molecule has 21 heavy (non-hydrogen) atoms. The molecule has 1 aliphatic rings. The lowest BCUT2D eigenvalue weighted by Crippen LogP contribution is -2.31. The van der Waals surface area contributed by atoms with E-state index in [0.29, 0.717) is 13.2 Å². The summed E-state index contributed by atoms with van der Waals surface area (Å²) in [5.74, 6) is -1.76. The predicted octanol–water partition coefficient (Wildman–Crippen LogP) is 2.51. The van der Waals surface area contributed by atoms with Gasteiger partial charge in [0.2, 0.25) is 0 Å². The highest BCUT2D eigenvalue weighted by Gasteiger charge is 2.36. The van der Waals surface area contributed by atoms with Crippen LogP contribution >= 0.6 is 0 Å². The van der Waals surface area contributed by atoms with Crippen LogP contribution in [0.2, 0.25) is 0 Å². The maximum absolute atomic E-state index is 10.4. The highest BCUT2D eigenvalue weighted by atomic mass is 16.7. The maximum Gasteiger partial charge on any atom is 0.190 e. The molecule has 0 saturated carbocycles. The minimum absolute atomic E-state index is 0.614. The van der Waals surface area contributed by atoms with E-state index in [9.17, 15) is 9.90 Å². The van der Waals surface area contributed by atoms with Crippen LogP contribution in [-0.2, 0) is 14.3 Å². The quantitative estimate of drug-likeness (QED) is 0.509. The fourth-order valence-corrected chi connectivity index (χ4v) is 2.34. The summed E-state index contributed by atoms with van der Waals surface area (Å²) in [6.45, 7) is 11.0. The zero-order valence-electron chi connectivity index (χ0n) is 13.2. The van der Waals surface area contributed by atoms with Crippen molar-refractivity contribution < 1.29 is 19.4 Å². The third-order valence-corrected chi connectivity index (χ3v) is 3.65. The van der Waals surface area contributed by atoms with Gasteiger partial charge in [0.15, 0.2) is 5.79 Å². The van der Waals surface area contributed by atoms with Gasteiger partial charge >= 0.3 is 0 Å². The van der Waals surface area contributed by atoms with Crippen LogP contribution in [0.4, 0.5) is 0 Å². The van der Waals surface area contributed by atoms with Crippen molar-refractivity contribution in [2.24, 2.45) is 0 Å². The van der Waals surface area contributed by atoms with Crippen molar-refractivity contribution in [3.63, 3.8) is 0 Å². The maximum atomic E-state index is 10.4. The molecular weight excluding hydrogens is 268 g/mol. The van der Waals surface area contributed by atoms with E-state index in [1.807, 2.05) is 6.92 Å². The Morgan fingerprint density at radius 2 is 1.81 bits per heavy atom. The van der Waals surface area contributed by atoms with Crippen LogP contribution in [0, 0.1) is 0 Å². The number of carbonyl (C=O) groups excluding carboxylic acids is 1. The van der Waals surface area contributed by atoms with E-state index in [2.05, 4.69) is 19.6 Å². The van der Waals surface area contributed by atoms with Gasteiger partial charge in [0, 0.05) is 6.42 Å². The first-order chi connectivity index (χ1) is 9.85. The second-order valence-corrected chi connectivity index (χ2v) is 5.63. The third kappa shape index (κ3) is 5.86. The van der Waals surface area contributed by atoms with Gasteiger partial charge in [-0.15, -0.1) is 0 Å². The monoisotopic (exact) mass is 293 g/mol. The highest BCUT2D eigenvalue weighted by Crippen LogP contribution is 2.32. The zero-order valence-corrected chi connectivity index (χ0v) is 13.2. The van der Waals surface area contributed by atoms with Crippen molar-refractivity contribution in [1.29, 1.82) is 0 Å². The van der Waals surface area contributed by atoms with Crippen molar-refractivity contribution in [2.45, 2.75) is 52.2 Å². The number of carbonyl (C=O) groups is 1. The van der Waals surface area contributed by atoms with Crippen LogP contribution < -0.4 is 5.11 Å². The molecule has 1 heterocycles. The second-order valence-electron chi connectivity index (χ2n) is 5.63. The molecule has 0 atom stereocenters. The third-order valence-electron chi connectivity index (χ3n) is 3.65. The minimum atomic E-state index is -1.13. The molecule has 0 N–H and O–H groups in total. The second kappa shape index (κ2) is 8.15. The van der Waals surface area contributed by atoms with Gasteiger partial charge in [-0.3, -0.25) is 0 Å². The summed E-state index contributed by atoms with van der Waals surface area (Å²) in [6, 6.07) is 0. The van der Waals surface area contributed by atoms with E-state index >= 15 is 0 Å². The van der Waals surface area contributed by atoms with Crippen LogP contribution in [0.3, 0.4) is 0 Å². The van der Waals surface area contributed by atoms with E-state index in [4.69, 9.17) is 9.47 Å². The molecule has 0 radical (unpaired) electrons. The normalized spacial score (nSPS) is 18.8. The Morgan fingerprint density at radius 1 is 1.19 bits per heavy atom. The molecule has 4 nitrogen and oxygen atoms in total. The lowest BCUT2D eigenvalue weighted by atomic mass is 9.99. The van der Waals surface area contributed by atoms with Crippen LogP contribution in [0.15, 0.2) is 35.5 Å². The molecule has 1 rings (SSSR count). The van der Waals surface area contributed by atoms with E-state index in [0.717, 1.165) is 42.9 Å². The van der Waals surface area contributed by atoms with Crippen molar-refractivity contribution >= 4 is 5.97 Å². The van der Waals surface area contributed by atoms with Crippen molar-refractivity contribution in [2.75, 3.05) is 13.2 Å². The number of carboxylic acid groups (broad SMARTS) is 1. The number of rotatable bonds is 8. The summed E-state index contributed by atoms with van der Waals surface area (Å²) >= 11 is 0. The highest BCUT2D eigenvalue weighted by molar-refractivity contribution is 5.78. The van der Waals surface area contributed by atoms with Crippen LogP contribution in [0.1, 0.15) is 46.5 Å². The summed E-state index contributed by atoms with van der Waals surface area (Å²) < 4.78 is 11.4. The summed E-state index contributed by atoms with van der Waals surface area (Å²) in [6.07, 6.45) is 6.47. The first-order valence-electron chi connectivity index (χ1n) is 7.33. The molecule has 118 valence electrons. The van der Waals surface area contributed by atoms with Gasteiger partial charge in [-0.25, -0.2) is 0 Å². The number of hydrogen-bond acceptors (Lipinski definition) is 4. The molecule has 0 amide bonds. The Kier molecular flexibility index (Phi) is 6.85.